The average Bonchev–Trinajstić information content (AvgIpc) is 2.67. The summed E-state index contributed by atoms with van der Waals surface area (Å²) < 4.78 is 0. The zero-order valence-electron chi connectivity index (χ0n) is 11.3. The van der Waals surface area contributed by atoms with Crippen molar-refractivity contribution < 1.29 is 0 Å². The molecule has 3 rings (SSSR count). The quantitative estimate of drug-likeness (QED) is 0.845. The van der Waals surface area contributed by atoms with Crippen LogP contribution in [0, 0.1) is 0 Å². The molecular formula is C14H24N4. The summed E-state index contributed by atoms with van der Waals surface area (Å²) in [4.78, 5) is 2.60. The topological polar surface area (TPSA) is 44.0 Å². The number of hydrogen-bond acceptors (Lipinski definition) is 3. The Balaban J connectivity index is 1.88. The van der Waals surface area contributed by atoms with E-state index >= 15 is 0 Å². The normalized spacial score (nSPS) is 25.3. The molecule has 0 saturated carbocycles. The number of nitrogens with zero attached hydrogens (tertiary/aromatic N) is 2. The second-order valence-electron chi connectivity index (χ2n) is 5.49. The molecule has 1 saturated heterocycles. The van der Waals surface area contributed by atoms with Crippen LogP contribution >= 0.6 is 0 Å². The molecule has 100 valence electrons. The molecule has 2 N–H and O–H groups in total. The third-order valence-corrected chi connectivity index (χ3v) is 4.40. The molecule has 1 fully saturated rings. The van der Waals surface area contributed by atoms with Crippen LogP contribution in [0.3, 0.4) is 0 Å². The largest absolute Gasteiger partial charge is 0.368 e. The molecule has 18 heavy (non-hydrogen) atoms. The average molecular weight is 248 g/mol. The summed E-state index contributed by atoms with van der Waals surface area (Å²) in [6.07, 6.45) is 7.70. The molecule has 4 nitrogen and oxygen atoms in total. The van der Waals surface area contributed by atoms with Crippen LogP contribution in [0.15, 0.2) is 0 Å². The van der Waals surface area contributed by atoms with E-state index in [1.54, 1.807) is 0 Å². The zero-order chi connectivity index (χ0) is 12.4. The van der Waals surface area contributed by atoms with Gasteiger partial charge >= 0.3 is 0 Å². The summed E-state index contributed by atoms with van der Waals surface area (Å²) in [5, 5.41) is 11.3. The Kier molecular flexibility index (Phi) is 3.55. The lowest BCUT2D eigenvalue weighted by molar-refractivity contribution is 0.153. The number of aromatic nitrogens is 2. The van der Waals surface area contributed by atoms with Gasteiger partial charge in [0.15, 0.2) is 5.82 Å². The van der Waals surface area contributed by atoms with Gasteiger partial charge in [0.05, 0.1) is 11.7 Å². The molecule has 1 atom stereocenters. The highest BCUT2D eigenvalue weighted by Crippen LogP contribution is 2.35. The first-order chi connectivity index (χ1) is 8.90. The summed E-state index contributed by atoms with van der Waals surface area (Å²) >= 11 is 0. The standard InChI is InChI=1S/C14H24N4/c1-2-18-10-6-4-8-12(18)13-11-7-3-5-9-15-14(11)17-16-13/h12H,2-10H2,1H3,(H2,15,16,17)/t12-/m1/s1. The van der Waals surface area contributed by atoms with Crippen molar-refractivity contribution in [1.82, 2.24) is 15.1 Å². The lowest BCUT2D eigenvalue weighted by atomic mass is 9.95. The van der Waals surface area contributed by atoms with Gasteiger partial charge in [-0.3, -0.25) is 10.00 Å². The number of piperidine rings is 1. The van der Waals surface area contributed by atoms with Crippen LogP contribution in [0.4, 0.5) is 5.82 Å². The molecule has 0 spiro atoms. The maximum Gasteiger partial charge on any atom is 0.151 e. The maximum atomic E-state index is 4.50. The molecule has 0 aliphatic carbocycles. The third kappa shape index (κ3) is 2.14. The maximum absolute atomic E-state index is 4.50. The molecule has 0 bridgehead atoms. The van der Waals surface area contributed by atoms with Crippen molar-refractivity contribution in [2.24, 2.45) is 0 Å². The molecule has 0 amide bonds. The fraction of sp³-hybridized carbons (Fsp3) is 0.786. The van der Waals surface area contributed by atoms with Crippen molar-refractivity contribution in [2.45, 2.75) is 51.5 Å². The lowest BCUT2D eigenvalue weighted by Gasteiger charge is -2.34. The zero-order valence-corrected chi connectivity index (χ0v) is 11.3. The highest BCUT2D eigenvalue weighted by atomic mass is 15.2. The number of H-pyrrole nitrogens is 1. The minimum absolute atomic E-state index is 0.569. The summed E-state index contributed by atoms with van der Waals surface area (Å²) in [7, 11) is 0. The molecule has 0 radical (unpaired) electrons. The first-order valence-corrected chi connectivity index (χ1v) is 7.45. The van der Waals surface area contributed by atoms with Gasteiger partial charge in [0.1, 0.15) is 0 Å². The monoisotopic (exact) mass is 248 g/mol. The van der Waals surface area contributed by atoms with Crippen LogP contribution in [0.1, 0.15) is 56.3 Å². The molecule has 0 unspecified atom stereocenters. The first kappa shape index (κ1) is 12.0. The minimum Gasteiger partial charge on any atom is -0.368 e. The Labute approximate surface area is 109 Å². The number of hydrogen-bond donors (Lipinski definition) is 2. The van der Waals surface area contributed by atoms with E-state index < -0.39 is 0 Å². The summed E-state index contributed by atoms with van der Waals surface area (Å²) in [6, 6.07) is 0.569. The number of rotatable bonds is 2. The fourth-order valence-electron chi connectivity index (χ4n) is 3.38. The van der Waals surface area contributed by atoms with Gasteiger partial charge < -0.3 is 5.32 Å². The van der Waals surface area contributed by atoms with Crippen LogP contribution in [0.25, 0.3) is 0 Å². The van der Waals surface area contributed by atoms with Crippen molar-refractivity contribution in [3.8, 4) is 0 Å². The van der Waals surface area contributed by atoms with Gasteiger partial charge in [-0.15, -0.1) is 0 Å². The third-order valence-electron chi connectivity index (χ3n) is 4.40. The van der Waals surface area contributed by atoms with Gasteiger partial charge in [-0.25, -0.2) is 0 Å². The van der Waals surface area contributed by atoms with E-state index in [1.165, 1.54) is 56.3 Å². The smallest absolute Gasteiger partial charge is 0.151 e. The van der Waals surface area contributed by atoms with Crippen LogP contribution in [0.5, 0.6) is 0 Å². The van der Waals surface area contributed by atoms with E-state index in [0.717, 1.165) is 18.9 Å². The predicted molar refractivity (Wildman–Crippen MR) is 73.9 cm³/mol. The minimum atomic E-state index is 0.569. The lowest BCUT2D eigenvalue weighted by Crippen LogP contribution is -2.33. The van der Waals surface area contributed by atoms with Gasteiger partial charge in [0.2, 0.25) is 0 Å². The van der Waals surface area contributed by atoms with Gasteiger partial charge in [-0.1, -0.05) is 13.3 Å². The summed E-state index contributed by atoms with van der Waals surface area (Å²) in [6.45, 7) is 5.72. The highest BCUT2D eigenvalue weighted by molar-refractivity contribution is 5.48. The number of aromatic amines is 1. The van der Waals surface area contributed by atoms with Crippen molar-refractivity contribution in [2.75, 3.05) is 25.0 Å². The molecule has 1 aromatic rings. The molecule has 2 aliphatic rings. The fourth-order valence-corrected chi connectivity index (χ4v) is 3.38. The van der Waals surface area contributed by atoms with Gasteiger partial charge in [0, 0.05) is 12.1 Å². The van der Waals surface area contributed by atoms with E-state index in [0.29, 0.717) is 6.04 Å². The summed E-state index contributed by atoms with van der Waals surface area (Å²) in [5.74, 6) is 1.11. The number of fused-ring (bicyclic) bond motifs is 1. The Morgan fingerprint density at radius 2 is 2.22 bits per heavy atom. The van der Waals surface area contributed by atoms with Crippen molar-refractivity contribution in [3.05, 3.63) is 11.3 Å². The van der Waals surface area contributed by atoms with Crippen molar-refractivity contribution >= 4 is 5.82 Å². The van der Waals surface area contributed by atoms with Crippen LogP contribution < -0.4 is 5.32 Å². The SMILES string of the molecule is CCN1CCCC[C@@H]1c1[nH]nc2c1CCCCN2. The van der Waals surface area contributed by atoms with Gasteiger partial charge in [-0.2, -0.15) is 5.10 Å². The van der Waals surface area contributed by atoms with E-state index in [-0.39, 0.29) is 0 Å². The van der Waals surface area contributed by atoms with E-state index in [9.17, 15) is 0 Å². The van der Waals surface area contributed by atoms with Gasteiger partial charge in [0.25, 0.3) is 0 Å². The molecule has 3 heterocycles. The molecule has 0 aromatic carbocycles. The van der Waals surface area contributed by atoms with Crippen LogP contribution in [0.2, 0.25) is 0 Å². The second kappa shape index (κ2) is 5.31. The molecule has 1 aromatic heterocycles. The predicted octanol–water partition coefficient (Wildman–Crippen LogP) is 2.70. The first-order valence-electron chi connectivity index (χ1n) is 7.45. The molecule has 4 heteroatoms. The number of nitrogens with one attached hydrogen (secondary N) is 2. The number of likely N-dealkylation sites (tertiary alicyclic amines) is 1. The summed E-state index contributed by atoms with van der Waals surface area (Å²) in [5.41, 5.74) is 2.85. The van der Waals surface area contributed by atoms with Crippen molar-refractivity contribution in [3.63, 3.8) is 0 Å². The van der Waals surface area contributed by atoms with E-state index in [2.05, 4.69) is 27.3 Å². The number of anilines is 1. The van der Waals surface area contributed by atoms with Crippen molar-refractivity contribution in [1.29, 1.82) is 0 Å². The van der Waals surface area contributed by atoms with E-state index in [1.807, 2.05) is 0 Å². The van der Waals surface area contributed by atoms with Gasteiger partial charge in [-0.05, 0) is 45.2 Å². The highest BCUT2D eigenvalue weighted by Gasteiger charge is 2.28. The second-order valence-corrected chi connectivity index (χ2v) is 5.49. The Morgan fingerprint density at radius 3 is 3.11 bits per heavy atom. The van der Waals surface area contributed by atoms with Crippen LogP contribution in [-0.2, 0) is 6.42 Å². The Bertz CT molecular complexity index is 398. The Morgan fingerprint density at radius 1 is 1.28 bits per heavy atom. The Hall–Kier alpha value is -1.03. The molecular weight excluding hydrogens is 224 g/mol. The van der Waals surface area contributed by atoms with E-state index in [4.69, 9.17) is 0 Å². The van der Waals surface area contributed by atoms with Crippen LogP contribution in [-0.4, -0.2) is 34.7 Å². The molecule has 2 aliphatic heterocycles.